The number of alkyl halides is 1. The van der Waals surface area contributed by atoms with Crippen LogP contribution in [0.4, 0.5) is 0 Å². The number of ether oxygens (including phenoxy) is 1. The van der Waals surface area contributed by atoms with Gasteiger partial charge in [0.2, 0.25) is 17.7 Å². The molecule has 3 aliphatic heterocycles. The van der Waals surface area contributed by atoms with Crippen molar-refractivity contribution in [3.8, 4) is 0 Å². The summed E-state index contributed by atoms with van der Waals surface area (Å²) in [5.41, 5.74) is -1.13. The molecule has 208 valence electrons. The van der Waals surface area contributed by atoms with Crippen molar-refractivity contribution in [2.75, 3.05) is 33.3 Å². The van der Waals surface area contributed by atoms with Crippen LogP contribution in [0.15, 0.2) is 25.3 Å². The second-order valence-corrected chi connectivity index (χ2v) is 12.0. The first-order valence-electron chi connectivity index (χ1n) is 13.6. The minimum absolute atomic E-state index is 0.0398. The van der Waals surface area contributed by atoms with Crippen molar-refractivity contribution in [2.45, 2.75) is 81.5 Å². The number of likely N-dealkylation sites (tertiary alicyclic amines) is 1. The molecule has 3 heterocycles. The molecule has 3 rings (SSSR count). The van der Waals surface area contributed by atoms with Crippen LogP contribution in [0.5, 0.6) is 0 Å². The van der Waals surface area contributed by atoms with Gasteiger partial charge in [-0.05, 0) is 18.8 Å². The maximum Gasteiger partial charge on any atom is 0.248 e. The van der Waals surface area contributed by atoms with Gasteiger partial charge in [-0.25, -0.2) is 0 Å². The molecule has 0 saturated carbocycles. The van der Waals surface area contributed by atoms with Crippen LogP contribution in [0, 0.1) is 17.8 Å². The SMILES string of the molecule is C=CCN(C)C(=O)[C@H]1[C@@H]2OC3(CC2Br)C(C(=O)N(CC=C)CCCCC)N([C@@H](CO)[C@@H](C)CC)C(=O)[C@H]13. The van der Waals surface area contributed by atoms with Crippen LogP contribution >= 0.6 is 15.9 Å². The van der Waals surface area contributed by atoms with Gasteiger partial charge in [0.25, 0.3) is 0 Å². The third-order valence-electron chi connectivity index (χ3n) is 8.56. The van der Waals surface area contributed by atoms with E-state index in [2.05, 4.69) is 36.0 Å². The highest BCUT2D eigenvalue weighted by Gasteiger charge is 2.77. The van der Waals surface area contributed by atoms with E-state index < -0.39 is 35.6 Å². The minimum atomic E-state index is -1.13. The van der Waals surface area contributed by atoms with E-state index in [1.54, 1.807) is 33.9 Å². The molecule has 0 radical (unpaired) electrons. The van der Waals surface area contributed by atoms with E-state index in [1.807, 2.05) is 13.8 Å². The van der Waals surface area contributed by atoms with Crippen LogP contribution in [-0.4, -0.2) is 99.4 Å². The fraction of sp³-hybridized carbons (Fsp3) is 0.750. The summed E-state index contributed by atoms with van der Waals surface area (Å²) in [5.74, 6) is -2.17. The van der Waals surface area contributed by atoms with Gasteiger partial charge in [-0.15, -0.1) is 13.2 Å². The van der Waals surface area contributed by atoms with Crippen molar-refractivity contribution in [1.82, 2.24) is 14.7 Å². The summed E-state index contributed by atoms with van der Waals surface area (Å²) in [6, 6.07) is -1.46. The molecule has 2 bridgehead atoms. The van der Waals surface area contributed by atoms with Gasteiger partial charge in [0, 0.05) is 31.5 Å². The Morgan fingerprint density at radius 1 is 1.24 bits per heavy atom. The summed E-state index contributed by atoms with van der Waals surface area (Å²) >= 11 is 3.72. The Bertz CT molecular complexity index is 884. The number of aliphatic hydroxyl groups is 1. The Labute approximate surface area is 230 Å². The number of nitrogens with zero attached hydrogens (tertiary/aromatic N) is 3. The van der Waals surface area contributed by atoms with E-state index >= 15 is 0 Å². The molecule has 3 saturated heterocycles. The van der Waals surface area contributed by atoms with Gasteiger partial charge in [-0.1, -0.05) is 68.1 Å². The van der Waals surface area contributed by atoms with Crippen LogP contribution in [0.3, 0.4) is 0 Å². The highest BCUT2D eigenvalue weighted by Crippen LogP contribution is 2.61. The van der Waals surface area contributed by atoms with Crippen LogP contribution in [0.1, 0.15) is 52.9 Å². The molecular formula is C28H44BrN3O5. The number of carbonyl (C=O) groups is 3. The average Bonchev–Trinajstić information content (AvgIpc) is 3.47. The highest BCUT2D eigenvalue weighted by molar-refractivity contribution is 9.09. The number of carbonyl (C=O) groups excluding carboxylic acids is 3. The van der Waals surface area contributed by atoms with Crippen LogP contribution < -0.4 is 0 Å². The fourth-order valence-corrected chi connectivity index (χ4v) is 7.45. The number of amides is 3. The number of halogens is 1. The smallest absolute Gasteiger partial charge is 0.248 e. The van der Waals surface area contributed by atoms with Gasteiger partial charge in [0.1, 0.15) is 11.6 Å². The molecule has 3 amide bonds. The van der Waals surface area contributed by atoms with Crippen molar-refractivity contribution in [3.05, 3.63) is 25.3 Å². The predicted molar refractivity (Wildman–Crippen MR) is 147 cm³/mol. The van der Waals surface area contributed by atoms with Gasteiger partial charge in [0.15, 0.2) is 0 Å². The number of rotatable bonds is 14. The number of hydrogen-bond donors (Lipinski definition) is 1. The Kier molecular flexibility index (Phi) is 10.0. The number of unbranched alkanes of at least 4 members (excludes halogenated alkanes) is 2. The monoisotopic (exact) mass is 581 g/mol. The standard InChI is InChI=1S/C28H44BrN3O5/c1-7-11-12-15-31(14-9-3)27(36)24-28-16-19(29)23(37-28)21(25(34)30(6)13-8-2)22(28)26(35)32(24)20(17-33)18(5)10-4/h8-9,18-24,33H,2-3,7,10-17H2,1,4-6H3/t18-,19?,20-,21+,22-,23+,24?,28?/m0/s1. The number of fused-ring (bicyclic) bond motifs is 1. The lowest BCUT2D eigenvalue weighted by molar-refractivity contribution is -0.153. The molecule has 8 atom stereocenters. The van der Waals surface area contributed by atoms with Crippen molar-refractivity contribution in [2.24, 2.45) is 17.8 Å². The molecule has 1 spiro atoms. The van der Waals surface area contributed by atoms with Gasteiger partial charge in [-0.2, -0.15) is 0 Å². The third kappa shape index (κ3) is 5.15. The van der Waals surface area contributed by atoms with Crippen LogP contribution in [0.2, 0.25) is 0 Å². The molecule has 37 heavy (non-hydrogen) atoms. The van der Waals surface area contributed by atoms with Gasteiger partial charge >= 0.3 is 0 Å². The van der Waals surface area contributed by atoms with Gasteiger partial charge in [-0.3, -0.25) is 14.4 Å². The molecule has 9 heteroatoms. The first-order valence-corrected chi connectivity index (χ1v) is 14.6. The first kappa shape index (κ1) is 29.8. The predicted octanol–water partition coefficient (Wildman–Crippen LogP) is 2.99. The largest absolute Gasteiger partial charge is 0.394 e. The maximum atomic E-state index is 14.4. The molecule has 8 nitrogen and oxygen atoms in total. The molecule has 1 N–H and O–H groups in total. The molecule has 0 aromatic carbocycles. The zero-order valence-corrected chi connectivity index (χ0v) is 24.4. The molecule has 0 aromatic rings. The highest BCUT2D eigenvalue weighted by atomic mass is 79.9. The second kappa shape index (κ2) is 12.4. The van der Waals surface area contributed by atoms with E-state index in [9.17, 15) is 19.5 Å². The van der Waals surface area contributed by atoms with Crippen molar-refractivity contribution in [1.29, 1.82) is 0 Å². The third-order valence-corrected chi connectivity index (χ3v) is 9.41. The summed E-state index contributed by atoms with van der Waals surface area (Å²) in [6.07, 6.45) is 6.89. The summed E-state index contributed by atoms with van der Waals surface area (Å²) in [5, 5.41) is 10.5. The normalized spacial score (nSPS) is 31.7. The number of aliphatic hydroxyl groups excluding tert-OH is 1. The molecule has 3 unspecified atom stereocenters. The summed E-state index contributed by atoms with van der Waals surface area (Å²) < 4.78 is 6.62. The van der Waals surface area contributed by atoms with Crippen molar-refractivity contribution < 1.29 is 24.2 Å². The Balaban J connectivity index is 2.11. The maximum absolute atomic E-state index is 14.4. The topological polar surface area (TPSA) is 90.4 Å². The Hall–Kier alpha value is -1.71. The van der Waals surface area contributed by atoms with E-state index in [4.69, 9.17) is 4.74 Å². The zero-order chi connectivity index (χ0) is 27.5. The molecule has 0 aromatic heterocycles. The lowest BCUT2D eigenvalue weighted by Gasteiger charge is -2.41. The summed E-state index contributed by atoms with van der Waals surface area (Å²) in [4.78, 5) is 47.0. The molecular weight excluding hydrogens is 538 g/mol. The minimum Gasteiger partial charge on any atom is -0.394 e. The van der Waals surface area contributed by atoms with Crippen LogP contribution in [0.25, 0.3) is 0 Å². The lowest BCUT2D eigenvalue weighted by atomic mass is 9.70. The van der Waals surface area contributed by atoms with E-state index in [1.165, 1.54) is 0 Å². The lowest BCUT2D eigenvalue weighted by Crippen LogP contribution is -2.60. The van der Waals surface area contributed by atoms with Gasteiger partial charge in [0.05, 0.1) is 30.6 Å². The van der Waals surface area contributed by atoms with E-state index in [0.717, 1.165) is 25.7 Å². The zero-order valence-electron chi connectivity index (χ0n) is 22.8. The number of likely N-dealkylation sites (N-methyl/N-ethyl adjacent to an activating group) is 1. The Morgan fingerprint density at radius 3 is 2.49 bits per heavy atom. The number of hydrogen-bond acceptors (Lipinski definition) is 5. The average molecular weight is 583 g/mol. The van der Waals surface area contributed by atoms with Crippen LogP contribution in [-0.2, 0) is 19.1 Å². The first-order chi connectivity index (χ1) is 17.6. The summed E-state index contributed by atoms with van der Waals surface area (Å²) in [6.45, 7) is 14.7. The fourth-order valence-electron chi connectivity index (χ4n) is 6.51. The second-order valence-electron chi connectivity index (χ2n) is 10.8. The quantitative estimate of drug-likeness (QED) is 0.193. The van der Waals surface area contributed by atoms with Gasteiger partial charge < -0.3 is 24.5 Å². The molecule has 3 fully saturated rings. The van der Waals surface area contributed by atoms with Crippen molar-refractivity contribution >= 4 is 33.7 Å². The summed E-state index contributed by atoms with van der Waals surface area (Å²) in [7, 11) is 1.70. The molecule has 3 aliphatic rings. The Morgan fingerprint density at radius 2 is 1.92 bits per heavy atom. The van der Waals surface area contributed by atoms with Crippen molar-refractivity contribution in [3.63, 3.8) is 0 Å². The molecule has 0 aliphatic carbocycles. The van der Waals surface area contributed by atoms with E-state index in [-0.39, 0.29) is 35.1 Å². The van der Waals surface area contributed by atoms with E-state index in [0.29, 0.717) is 26.1 Å².